The summed E-state index contributed by atoms with van der Waals surface area (Å²) >= 11 is 1.61. The summed E-state index contributed by atoms with van der Waals surface area (Å²) in [7, 11) is 1.64. The molecule has 0 aliphatic rings. The molecule has 0 aliphatic heterocycles. The maximum atomic E-state index is 13.4. The molecule has 0 aliphatic carbocycles. The molecular formula is C11H12FNOS. The second-order valence-corrected chi connectivity index (χ2v) is 4.07. The van der Waals surface area contributed by atoms with Gasteiger partial charge in [0.1, 0.15) is 5.82 Å². The van der Waals surface area contributed by atoms with E-state index in [0.29, 0.717) is 23.5 Å². The highest BCUT2D eigenvalue weighted by atomic mass is 32.2. The lowest BCUT2D eigenvalue weighted by atomic mass is 10.1. The second-order valence-electron chi connectivity index (χ2n) is 2.96. The normalized spacial score (nSPS) is 9.93. The van der Waals surface area contributed by atoms with E-state index in [1.54, 1.807) is 31.0 Å². The lowest BCUT2D eigenvalue weighted by molar-refractivity contribution is 0.218. The SMILES string of the molecule is COCCSCc1ccc(C#N)cc1F. The summed E-state index contributed by atoms with van der Waals surface area (Å²) in [5.41, 5.74) is 0.994. The highest BCUT2D eigenvalue weighted by Gasteiger charge is 2.03. The van der Waals surface area contributed by atoms with Crippen LogP contribution in [0.5, 0.6) is 0 Å². The molecule has 0 radical (unpaired) electrons. The summed E-state index contributed by atoms with van der Waals surface area (Å²) in [5, 5.41) is 8.56. The van der Waals surface area contributed by atoms with Gasteiger partial charge in [-0.3, -0.25) is 0 Å². The first-order chi connectivity index (χ1) is 7.27. The summed E-state index contributed by atoms with van der Waals surface area (Å²) < 4.78 is 18.2. The largest absolute Gasteiger partial charge is 0.384 e. The zero-order valence-corrected chi connectivity index (χ0v) is 9.31. The van der Waals surface area contributed by atoms with E-state index in [4.69, 9.17) is 10.00 Å². The van der Waals surface area contributed by atoms with E-state index in [9.17, 15) is 4.39 Å². The van der Waals surface area contributed by atoms with Gasteiger partial charge in [-0.1, -0.05) is 6.07 Å². The van der Waals surface area contributed by atoms with Crippen molar-refractivity contribution in [3.63, 3.8) is 0 Å². The van der Waals surface area contributed by atoms with Crippen molar-refractivity contribution in [2.75, 3.05) is 19.5 Å². The van der Waals surface area contributed by atoms with Crippen molar-refractivity contribution in [1.82, 2.24) is 0 Å². The number of hydrogen-bond donors (Lipinski definition) is 0. The van der Waals surface area contributed by atoms with Crippen LogP contribution >= 0.6 is 11.8 Å². The van der Waals surface area contributed by atoms with Crippen LogP contribution in [0, 0.1) is 17.1 Å². The van der Waals surface area contributed by atoms with Crippen molar-refractivity contribution in [2.45, 2.75) is 5.75 Å². The molecule has 0 saturated heterocycles. The van der Waals surface area contributed by atoms with Gasteiger partial charge in [0.25, 0.3) is 0 Å². The molecule has 0 unspecified atom stereocenters. The Morgan fingerprint density at radius 2 is 2.33 bits per heavy atom. The van der Waals surface area contributed by atoms with Crippen molar-refractivity contribution < 1.29 is 9.13 Å². The van der Waals surface area contributed by atoms with Crippen LogP contribution < -0.4 is 0 Å². The van der Waals surface area contributed by atoms with Crippen LogP contribution in [-0.2, 0) is 10.5 Å². The molecular weight excluding hydrogens is 213 g/mol. The van der Waals surface area contributed by atoms with Gasteiger partial charge in [-0.15, -0.1) is 0 Å². The standard InChI is InChI=1S/C11H12FNOS/c1-14-4-5-15-8-10-3-2-9(7-13)6-11(10)12/h2-3,6H,4-5,8H2,1H3. The molecule has 1 aromatic carbocycles. The van der Waals surface area contributed by atoms with E-state index in [0.717, 1.165) is 5.75 Å². The number of thioether (sulfide) groups is 1. The Bertz CT molecular complexity index is 362. The third-order valence-corrected chi connectivity index (χ3v) is 2.84. The number of nitriles is 1. The van der Waals surface area contributed by atoms with E-state index in [1.165, 1.54) is 6.07 Å². The van der Waals surface area contributed by atoms with Crippen LogP contribution in [0.25, 0.3) is 0 Å². The van der Waals surface area contributed by atoms with Crippen LogP contribution in [0.2, 0.25) is 0 Å². The Kier molecular flexibility index (Phi) is 5.16. The molecule has 0 atom stereocenters. The van der Waals surface area contributed by atoms with Gasteiger partial charge in [-0.2, -0.15) is 17.0 Å². The third-order valence-electron chi connectivity index (χ3n) is 1.87. The predicted molar refractivity (Wildman–Crippen MR) is 59.2 cm³/mol. The smallest absolute Gasteiger partial charge is 0.128 e. The van der Waals surface area contributed by atoms with Crippen LogP contribution in [0.3, 0.4) is 0 Å². The number of ether oxygens (including phenoxy) is 1. The number of nitrogens with zero attached hydrogens (tertiary/aromatic N) is 1. The molecule has 1 aromatic rings. The molecule has 0 N–H and O–H groups in total. The molecule has 2 nitrogen and oxygen atoms in total. The van der Waals surface area contributed by atoms with Gasteiger partial charge in [0, 0.05) is 18.6 Å². The fraction of sp³-hybridized carbons (Fsp3) is 0.364. The Morgan fingerprint density at radius 1 is 1.53 bits per heavy atom. The number of rotatable bonds is 5. The first kappa shape index (κ1) is 12.0. The number of methoxy groups -OCH3 is 1. The van der Waals surface area contributed by atoms with Gasteiger partial charge in [-0.05, 0) is 17.7 Å². The Morgan fingerprint density at radius 3 is 2.93 bits per heavy atom. The lowest BCUT2D eigenvalue weighted by Crippen LogP contribution is -1.94. The summed E-state index contributed by atoms with van der Waals surface area (Å²) in [4.78, 5) is 0. The van der Waals surface area contributed by atoms with E-state index >= 15 is 0 Å². The summed E-state index contributed by atoms with van der Waals surface area (Å²) in [6, 6.07) is 6.47. The first-order valence-corrected chi connectivity index (χ1v) is 5.68. The van der Waals surface area contributed by atoms with E-state index in [1.807, 2.05) is 6.07 Å². The fourth-order valence-corrected chi connectivity index (χ4v) is 1.94. The van der Waals surface area contributed by atoms with E-state index in [-0.39, 0.29) is 5.82 Å². The first-order valence-electron chi connectivity index (χ1n) is 4.53. The molecule has 4 heteroatoms. The molecule has 80 valence electrons. The summed E-state index contributed by atoms with van der Waals surface area (Å²) in [6.45, 7) is 0.669. The van der Waals surface area contributed by atoms with Gasteiger partial charge < -0.3 is 4.74 Å². The topological polar surface area (TPSA) is 33.0 Å². The molecule has 0 heterocycles. The van der Waals surface area contributed by atoms with Crippen LogP contribution in [0.15, 0.2) is 18.2 Å². The van der Waals surface area contributed by atoms with Gasteiger partial charge in [0.2, 0.25) is 0 Å². The molecule has 1 rings (SSSR count). The third kappa shape index (κ3) is 3.90. The van der Waals surface area contributed by atoms with Gasteiger partial charge in [0.05, 0.1) is 18.2 Å². The molecule has 0 amide bonds. The van der Waals surface area contributed by atoms with E-state index < -0.39 is 0 Å². The minimum Gasteiger partial charge on any atom is -0.384 e. The maximum absolute atomic E-state index is 13.4. The molecule has 15 heavy (non-hydrogen) atoms. The highest BCUT2D eigenvalue weighted by Crippen LogP contribution is 2.16. The predicted octanol–water partition coefficient (Wildman–Crippen LogP) is 2.58. The molecule has 0 bridgehead atoms. The van der Waals surface area contributed by atoms with Crippen LogP contribution in [0.4, 0.5) is 4.39 Å². The average Bonchev–Trinajstić information content (AvgIpc) is 2.26. The Labute approximate surface area is 93.1 Å². The fourth-order valence-electron chi connectivity index (χ4n) is 1.06. The minimum absolute atomic E-state index is 0.307. The average molecular weight is 225 g/mol. The van der Waals surface area contributed by atoms with Gasteiger partial charge in [-0.25, -0.2) is 4.39 Å². The van der Waals surface area contributed by atoms with Crippen molar-refractivity contribution in [3.8, 4) is 6.07 Å². The van der Waals surface area contributed by atoms with Crippen LogP contribution in [-0.4, -0.2) is 19.5 Å². The van der Waals surface area contributed by atoms with Gasteiger partial charge >= 0.3 is 0 Å². The molecule has 0 aromatic heterocycles. The number of halogens is 1. The Balaban J connectivity index is 2.52. The zero-order chi connectivity index (χ0) is 11.1. The minimum atomic E-state index is -0.307. The van der Waals surface area contributed by atoms with Crippen molar-refractivity contribution in [1.29, 1.82) is 5.26 Å². The number of hydrogen-bond acceptors (Lipinski definition) is 3. The summed E-state index contributed by atoms with van der Waals surface area (Å²) in [6.07, 6.45) is 0. The van der Waals surface area contributed by atoms with E-state index in [2.05, 4.69) is 0 Å². The van der Waals surface area contributed by atoms with Gasteiger partial charge in [0.15, 0.2) is 0 Å². The zero-order valence-electron chi connectivity index (χ0n) is 8.50. The highest BCUT2D eigenvalue weighted by molar-refractivity contribution is 7.98. The lowest BCUT2D eigenvalue weighted by Gasteiger charge is -2.03. The van der Waals surface area contributed by atoms with Crippen LogP contribution in [0.1, 0.15) is 11.1 Å². The maximum Gasteiger partial charge on any atom is 0.128 e. The second kappa shape index (κ2) is 6.44. The van der Waals surface area contributed by atoms with Crippen molar-refractivity contribution >= 4 is 11.8 Å². The molecule has 0 fully saturated rings. The quantitative estimate of drug-likeness (QED) is 0.722. The van der Waals surface area contributed by atoms with Crippen molar-refractivity contribution in [2.24, 2.45) is 0 Å². The van der Waals surface area contributed by atoms with Crippen molar-refractivity contribution in [3.05, 3.63) is 35.1 Å². The Hall–Kier alpha value is -1.05. The monoisotopic (exact) mass is 225 g/mol. The number of benzene rings is 1. The molecule has 0 spiro atoms. The molecule has 0 saturated carbocycles. The summed E-state index contributed by atoms with van der Waals surface area (Å²) in [5.74, 6) is 1.15.